The van der Waals surface area contributed by atoms with Gasteiger partial charge in [-0.3, -0.25) is 0 Å². The Hall–Kier alpha value is -2.07. The molecule has 0 aliphatic heterocycles. The van der Waals surface area contributed by atoms with Crippen molar-refractivity contribution >= 4 is 23.3 Å². The van der Waals surface area contributed by atoms with E-state index in [1.807, 2.05) is 6.92 Å². The largest absolute Gasteiger partial charge is 0.478 e. The third kappa shape index (κ3) is 3.08. The number of nitrogens with one attached hydrogen (secondary N) is 1. The minimum absolute atomic E-state index is 0.0441. The van der Waals surface area contributed by atoms with Crippen molar-refractivity contribution in [2.24, 2.45) is 0 Å². The van der Waals surface area contributed by atoms with E-state index < -0.39 is 11.8 Å². The lowest BCUT2D eigenvalue weighted by atomic mass is 10.1. The van der Waals surface area contributed by atoms with E-state index in [-0.39, 0.29) is 16.6 Å². The van der Waals surface area contributed by atoms with Crippen molar-refractivity contribution in [2.75, 3.05) is 5.32 Å². The first-order chi connectivity index (χ1) is 9.49. The van der Waals surface area contributed by atoms with Crippen LogP contribution in [0.2, 0.25) is 5.02 Å². The van der Waals surface area contributed by atoms with Gasteiger partial charge in [-0.15, -0.1) is 0 Å². The van der Waals surface area contributed by atoms with E-state index in [0.29, 0.717) is 5.69 Å². The number of hydrogen-bond donors (Lipinski definition) is 2. The van der Waals surface area contributed by atoms with Crippen LogP contribution in [0.4, 0.5) is 10.1 Å². The molecule has 2 aromatic carbocycles. The van der Waals surface area contributed by atoms with Gasteiger partial charge < -0.3 is 10.4 Å². The molecule has 2 aromatic rings. The minimum Gasteiger partial charge on any atom is -0.478 e. The third-order valence-electron chi connectivity index (χ3n) is 2.97. The number of halogens is 2. The SMILES string of the molecule is CC(Nc1ccccc1C(=O)O)c1ccc(F)c(Cl)c1. The van der Waals surface area contributed by atoms with Gasteiger partial charge in [-0.05, 0) is 36.8 Å². The Morgan fingerprint density at radius 1 is 1.30 bits per heavy atom. The highest BCUT2D eigenvalue weighted by molar-refractivity contribution is 6.30. The van der Waals surface area contributed by atoms with Crippen molar-refractivity contribution in [3.05, 3.63) is 64.4 Å². The molecule has 3 nitrogen and oxygen atoms in total. The summed E-state index contributed by atoms with van der Waals surface area (Å²) in [7, 11) is 0. The predicted molar refractivity (Wildman–Crippen MR) is 76.8 cm³/mol. The molecule has 20 heavy (non-hydrogen) atoms. The number of rotatable bonds is 4. The molecular formula is C15H13ClFNO2. The maximum absolute atomic E-state index is 13.1. The second-order valence-electron chi connectivity index (χ2n) is 4.39. The number of para-hydroxylation sites is 1. The molecule has 5 heteroatoms. The van der Waals surface area contributed by atoms with Gasteiger partial charge in [-0.1, -0.05) is 29.8 Å². The molecule has 0 spiro atoms. The average molecular weight is 294 g/mol. The van der Waals surface area contributed by atoms with Gasteiger partial charge in [-0.2, -0.15) is 0 Å². The maximum Gasteiger partial charge on any atom is 0.337 e. The van der Waals surface area contributed by atoms with Crippen LogP contribution in [0.1, 0.15) is 28.9 Å². The lowest BCUT2D eigenvalue weighted by Crippen LogP contribution is -2.10. The molecular weight excluding hydrogens is 281 g/mol. The Kier molecular flexibility index (Phi) is 4.25. The van der Waals surface area contributed by atoms with Crippen molar-refractivity contribution in [1.82, 2.24) is 0 Å². The smallest absolute Gasteiger partial charge is 0.337 e. The van der Waals surface area contributed by atoms with E-state index in [1.54, 1.807) is 24.3 Å². The standard InChI is InChI=1S/C15H13ClFNO2/c1-9(10-6-7-13(17)12(16)8-10)18-14-5-3-2-4-11(14)15(19)20/h2-9,18H,1H3,(H,19,20). The van der Waals surface area contributed by atoms with Crippen LogP contribution in [0.5, 0.6) is 0 Å². The lowest BCUT2D eigenvalue weighted by Gasteiger charge is -2.17. The Bertz CT molecular complexity index is 646. The van der Waals surface area contributed by atoms with E-state index in [9.17, 15) is 9.18 Å². The third-order valence-corrected chi connectivity index (χ3v) is 3.26. The van der Waals surface area contributed by atoms with Gasteiger partial charge in [0.2, 0.25) is 0 Å². The van der Waals surface area contributed by atoms with Crippen LogP contribution in [0.15, 0.2) is 42.5 Å². The summed E-state index contributed by atoms with van der Waals surface area (Å²) in [5.74, 6) is -1.48. The van der Waals surface area contributed by atoms with Gasteiger partial charge in [0.15, 0.2) is 0 Å². The maximum atomic E-state index is 13.1. The molecule has 1 unspecified atom stereocenters. The van der Waals surface area contributed by atoms with Crippen LogP contribution in [0, 0.1) is 5.82 Å². The van der Waals surface area contributed by atoms with Gasteiger partial charge in [0.25, 0.3) is 0 Å². The second-order valence-corrected chi connectivity index (χ2v) is 4.80. The molecule has 0 saturated carbocycles. The van der Waals surface area contributed by atoms with Gasteiger partial charge in [0.1, 0.15) is 5.82 Å². The summed E-state index contributed by atoms with van der Waals surface area (Å²) in [5, 5.41) is 12.3. The van der Waals surface area contributed by atoms with Crippen molar-refractivity contribution in [3.8, 4) is 0 Å². The van der Waals surface area contributed by atoms with E-state index in [1.165, 1.54) is 18.2 Å². The van der Waals surface area contributed by atoms with E-state index in [4.69, 9.17) is 16.7 Å². The minimum atomic E-state index is -1.00. The molecule has 0 aromatic heterocycles. The summed E-state index contributed by atoms with van der Waals surface area (Å²) < 4.78 is 13.1. The first-order valence-corrected chi connectivity index (χ1v) is 6.40. The average Bonchev–Trinajstić information content (AvgIpc) is 2.42. The molecule has 0 aliphatic carbocycles. The van der Waals surface area contributed by atoms with Gasteiger partial charge in [0.05, 0.1) is 10.6 Å². The number of benzene rings is 2. The number of carboxylic acids is 1. The Morgan fingerprint density at radius 2 is 2.00 bits per heavy atom. The first kappa shape index (κ1) is 14.3. The van der Waals surface area contributed by atoms with Gasteiger partial charge >= 0.3 is 5.97 Å². The zero-order valence-electron chi connectivity index (χ0n) is 10.7. The van der Waals surface area contributed by atoms with Crippen LogP contribution in [-0.2, 0) is 0 Å². The molecule has 0 fully saturated rings. The highest BCUT2D eigenvalue weighted by Gasteiger charge is 2.13. The predicted octanol–water partition coefficient (Wildman–Crippen LogP) is 4.35. The fourth-order valence-electron chi connectivity index (χ4n) is 1.89. The molecule has 0 amide bonds. The molecule has 0 saturated heterocycles. The number of carbonyl (C=O) groups is 1. The molecule has 104 valence electrons. The van der Waals surface area contributed by atoms with Crippen molar-refractivity contribution in [1.29, 1.82) is 0 Å². The number of hydrogen-bond acceptors (Lipinski definition) is 2. The highest BCUT2D eigenvalue weighted by Crippen LogP contribution is 2.25. The number of carboxylic acid groups (broad SMARTS) is 1. The van der Waals surface area contributed by atoms with Crippen molar-refractivity contribution < 1.29 is 14.3 Å². The summed E-state index contributed by atoms with van der Waals surface area (Å²) >= 11 is 5.75. The van der Waals surface area contributed by atoms with Gasteiger partial charge in [0, 0.05) is 11.7 Å². The molecule has 0 heterocycles. The lowest BCUT2D eigenvalue weighted by molar-refractivity contribution is 0.0698. The molecule has 0 radical (unpaired) electrons. The van der Waals surface area contributed by atoms with Crippen LogP contribution in [-0.4, -0.2) is 11.1 Å². The van der Waals surface area contributed by atoms with Crippen LogP contribution < -0.4 is 5.32 Å². The summed E-state index contributed by atoms with van der Waals surface area (Å²) in [4.78, 5) is 11.1. The normalized spacial score (nSPS) is 11.9. The molecule has 0 aliphatic rings. The fraction of sp³-hybridized carbons (Fsp3) is 0.133. The van der Waals surface area contributed by atoms with E-state index in [0.717, 1.165) is 5.56 Å². The van der Waals surface area contributed by atoms with Crippen LogP contribution >= 0.6 is 11.6 Å². The fourth-order valence-corrected chi connectivity index (χ4v) is 2.08. The van der Waals surface area contributed by atoms with Crippen LogP contribution in [0.3, 0.4) is 0 Å². The molecule has 0 bridgehead atoms. The van der Waals surface area contributed by atoms with E-state index >= 15 is 0 Å². The number of aromatic carboxylic acids is 1. The zero-order valence-corrected chi connectivity index (χ0v) is 11.5. The summed E-state index contributed by atoms with van der Waals surface area (Å²) in [5.41, 5.74) is 1.47. The first-order valence-electron chi connectivity index (χ1n) is 6.03. The topological polar surface area (TPSA) is 49.3 Å². The van der Waals surface area contributed by atoms with Gasteiger partial charge in [-0.25, -0.2) is 9.18 Å². The highest BCUT2D eigenvalue weighted by atomic mass is 35.5. The molecule has 1 atom stereocenters. The van der Waals surface area contributed by atoms with Crippen LogP contribution in [0.25, 0.3) is 0 Å². The van der Waals surface area contributed by atoms with E-state index in [2.05, 4.69) is 5.32 Å². The Labute approximate surface area is 121 Å². The summed E-state index contributed by atoms with van der Waals surface area (Å²) in [6.07, 6.45) is 0. The monoisotopic (exact) mass is 293 g/mol. The van der Waals surface area contributed by atoms with Crippen molar-refractivity contribution in [3.63, 3.8) is 0 Å². The number of anilines is 1. The summed E-state index contributed by atoms with van der Waals surface area (Å²) in [6, 6.07) is 10.8. The Balaban J connectivity index is 2.25. The second kappa shape index (κ2) is 5.92. The molecule has 2 N–H and O–H groups in total. The molecule has 2 rings (SSSR count). The Morgan fingerprint density at radius 3 is 2.65 bits per heavy atom. The van der Waals surface area contributed by atoms with Crippen molar-refractivity contribution in [2.45, 2.75) is 13.0 Å². The zero-order chi connectivity index (χ0) is 14.7. The quantitative estimate of drug-likeness (QED) is 0.881. The summed E-state index contributed by atoms with van der Waals surface area (Å²) in [6.45, 7) is 1.85.